The molecule has 1 aromatic heterocycles. The molecule has 1 aromatic carbocycles. The summed E-state index contributed by atoms with van der Waals surface area (Å²) in [5, 5.41) is 2.60. The minimum Gasteiger partial charge on any atom is -0.366 e. The van der Waals surface area contributed by atoms with Crippen LogP contribution < -0.4 is 16.2 Å². The zero-order valence-electron chi connectivity index (χ0n) is 11.3. The number of carbonyl (C=O) groups excluding carboxylic acids is 1. The van der Waals surface area contributed by atoms with E-state index in [1.54, 1.807) is 35.6 Å². The molecule has 22 heavy (non-hydrogen) atoms. The summed E-state index contributed by atoms with van der Waals surface area (Å²) >= 11 is 12.1. The van der Waals surface area contributed by atoms with E-state index in [0.29, 0.717) is 15.7 Å². The summed E-state index contributed by atoms with van der Waals surface area (Å²) in [6.45, 7) is 0. The Labute approximate surface area is 137 Å². The van der Waals surface area contributed by atoms with Gasteiger partial charge in [0.25, 0.3) is 0 Å². The average molecular weight is 335 g/mol. The number of hydrogen-bond acceptors (Lipinski definition) is 4. The van der Waals surface area contributed by atoms with Crippen molar-refractivity contribution in [1.82, 2.24) is 10.4 Å². The Hall–Kier alpha value is -2.08. The van der Waals surface area contributed by atoms with Crippen molar-refractivity contribution in [3.8, 4) is 0 Å². The van der Waals surface area contributed by atoms with E-state index in [0.717, 1.165) is 11.3 Å². The van der Waals surface area contributed by atoms with Gasteiger partial charge in [-0.05, 0) is 17.7 Å². The Bertz CT molecular complexity index is 763. The van der Waals surface area contributed by atoms with E-state index in [1.165, 1.54) is 0 Å². The lowest BCUT2D eigenvalue weighted by Crippen LogP contribution is -2.32. The van der Waals surface area contributed by atoms with Crippen molar-refractivity contribution >= 4 is 34.8 Å². The monoisotopic (exact) mass is 334 g/mol. The molecule has 1 amide bonds. The lowest BCUT2D eigenvalue weighted by Gasteiger charge is -2.21. The van der Waals surface area contributed by atoms with Gasteiger partial charge in [-0.1, -0.05) is 41.4 Å². The molecular formula is C15H12Cl2N4O. The molecule has 0 aliphatic carbocycles. The molecule has 0 saturated heterocycles. The highest BCUT2D eigenvalue weighted by Crippen LogP contribution is 2.33. The van der Waals surface area contributed by atoms with E-state index in [9.17, 15) is 4.79 Å². The minimum absolute atomic E-state index is 0.356. The highest BCUT2D eigenvalue weighted by molar-refractivity contribution is 6.31. The number of nitrogens with one attached hydrogen (secondary N) is 1. The molecule has 112 valence electrons. The molecule has 1 unspecified atom stereocenters. The molecule has 7 heteroatoms. The number of nitrogens with two attached hydrogens (primary N) is 1. The van der Waals surface area contributed by atoms with Crippen LogP contribution in [0.4, 0.5) is 5.69 Å². The highest BCUT2D eigenvalue weighted by atomic mass is 35.5. The molecule has 0 saturated carbocycles. The molecule has 0 bridgehead atoms. The maximum absolute atomic E-state index is 11.7. The number of pyridine rings is 1. The molecule has 5 nitrogen and oxygen atoms in total. The van der Waals surface area contributed by atoms with Gasteiger partial charge < -0.3 is 5.73 Å². The van der Waals surface area contributed by atoms with E-state index in [-0.39, 0.29) is 0 Å². The summed E-state index contributed by atoms with van der Waals surface area (Å²) in [7, 11) is 0. The molecule has 0 radical (unpaired) electrons. The van der Waals surface area contributed by atoms with Gasteiger partial charge in [-0.2, -0.15) is 0 Å². The van der Waals surface area contributed by atoms with Crippen LogP contribution in [0, 0.1) is 0 Å². The number of hydrazine groups is 1. The number of nitrogens with zero attached hydrogens (tertiary/aromatic N) is 2. The predicted molar refractivity (Wildman–Crippen MR) is 86.3 cm³/mol. The zero-order valence-corrected chi connectivity index (χ0v) is 12.8. The van der Waals surface area contributed by atoms with Gasteiger partial charge in [-0.15, -0.1) is 0 Å². The van der Waals surface area contributed by atoms with Crippen molar-refractivity contribution in [1.29, 1.82) is 0 Å². The zero-order chi connectivity index (χ0) is 15.7. The van der Waals surface area contributed by atoms with Gasteiger partial charge in [0.1, 0.15) is 5.15 Å². The first-order valence-corrected chi connectivity index (χ1v) is 7.25. The molecular weight excluding hydrogens is 323 g/mol. The minimum atomic E-state index is -0.514. The number of benzene rings is 1. The Balaban J connectivity index is 1.99. The van der Waals surface area contributed by atoms with Gasteiger partial charge in [-0.3, -0.25) is 9.80 Å². The first kappa shape index (κ1) is 14.8. The third-order valence-corrected chi connectivity index (χ3v) is 3.89. The Kier molecular flexibility index (Phi) is 4.02. The molecule has 0 spiro atoms. The van der Waals surface area contributed by atoms with Gasteiger partial charge >= 0.3 is 0 Å². The van der Waals surface area contributed by atoms with E-state index in [4.69, 9.17) is 28.9 Å². The molecule has 3 N–H and O–H groups in total. The Morgan fingerprint density at radius 3 is 2.73 bits per heavy atom. The van der Waals surface area contributed by atoms with Crippen LogP contribution in [0.1, 0.15) is 11.6 Å². The van der Waals surface area contributed by atoms with Crippen molar-refractivity contribution < 1.29 is 4.79 Å². The van der Waals surface area contributed by atoms with Crippen molar-refractivity contribution in [2.75, 3.05) is 5.01 Å². The van der Waals surface area contributed by atoms with Gasteiger partial charge in [0.15, 0.2) is 0 Å². The normalized spacial score (nSPS) is 17.5. The second kappa shape index (κ2) is 5.96. The molecule has 2 aromatic rings. The van der Waals surface area contributed by atoms with Crippen molar-refractivity contribution in [3.63, 3.8) is 0 Å². The second-order valence-corrected chi connectivity index (χ2v) is 5.53. The summed E-state index contributed by atoms with van der Waals surface area (Å²) < 4.78 is 0. The van der Waals surface area contributed by atoms with Gasteiger partial charge in [0.2, 0.25) is 5.91 Å². The first-order valence-electron chi connectivity index (χ1n) is 6.49. The van der Waals surface area contributed by atoms with Crippen LogP contribution in [0.5, 0.6) is 0 Å². The van der Waals surface area contributed by atoms with Crippen LogP contribution in [0.3, 0.4) is 0 Å². The molecule has 1 aliphatic rings. The predicted octanol–water partition coefficient (Wildman–Crippen LogP) is 2.82. The first-order chi connectivity index (χ1) is 10.6. The van der Waals surface area contributed by atoms with Crippen molar-refractivity contribution in [2.24, 2.45) is 5.73 Å². The second-order valence-electron chi connectivity index (χ2n) is 4.74. The quantitative estimate of drug-likeness (QED) is 0.846. The fourth-order valence-electron chi connectivity index (χ4n) is 2.30. The van der Waals surface area contributed by atoms with Crippen LogP contribution >= 0.6 is 23.2 Å². The lowest BCUT2D eigenvalue weighted by molar-refractivity contribution is -0.114. The van der Waals surface area contributed by atoms with E-state index in [1.807, 2.05) is 18.2 Å². The number of hydrogen-bond donors (Lipinski definition) is 2. The van der Waals surface area contributed by atoms with E-state index < -0.39 is 11.9 Å². The number of primary amides is 1. The summed E-state index contributed by atoms with van der Waals surface area (Å²) in [5.41, 5.74) is 10.6. The third kappa shape index (κ3) is 2.78. The summed E-state index contributed by atoms with van der Waals surface area (Å²) in [5.74, 6) is -0.514. The Morgan fingerprint density at radius 2 is 2.05 bits per heavy atom. The fourth-order valence-corrected chi connectivity index (χ4v) is 2.72. The molecule has 1 aliphatic heterocycles. The molecule has 3 rings (SSSR count). The Morgan fingerprint density at radius 1 is 1.27 bits per heavy atom. The van der Waals surface area contributed by atoms with Crippen molar-refractivity contribution in [2.45, 2.75) is 6.04 Å². The topological polar surface area (TPSA) is 71.2 Å². The summed E-state index contributed by atoms with van der Waals surface area (Å²) in [6.07, 6.45) is 3.22. The number of aromatic nitrogens is 1. The van der Waals surface area contributed by atoms with Gasteiger partial charge in [-0.25, -0.2) is 10.4 Å². The third-order valence-electron chi connectivity index (χ3n) is 3.34. The highest BCUT2D eigenvalue weighted by Gasteiger charge is 2.30. The number of anilines is 1. The van der Waals surface area contributed by atoms with Crippen LogP contribution in [-0.4, -0.2) is 10.9 Å². The van der Waals surface area contributed by atoms with Crippen LogP contribution in [-0.2, 0) is 4.79 Å². The van der Waals surface area contributed by atoms with Crippen LogP contribution in [0.25, 0.3) is 0 Å². The van der Waals surface area contributed by atoms with Gasteiger partial charge in [0, 0.05) is 23.5 Å². The molecule has 2 heterocycles. The molecule has 1 atom stereocenters. The lowest BCUT2D eigenvalue weighted by atomic mass is 10.0. The van der Waals surface area contributed by atoms with Crippen LogP contribution in [0.15, 0.2) is 54.4 Å². The number of rotatable bonds is 3. The number of amides is 1. The largest absolute Gasteiger partial charge is 0.366 e. The number of halogens is 2. The summed E-state index contributed by atoms with van der Waals surface area (Å²) in [4.78, 5) is 15.7. The molecule has 0 fully saturated rings. The van der Waals surface area contributed by atoms with Crippen molar-refractivity contribution in [3.05, 3.63) is 70.1 Å². The standard InChI is InChI=1S/C15H12Cl2N4O/c16-12-4-2-1-3-10(12)14-11(15(18)22)8-21(20-14)9-5-6-19-13(17)7-9/h1-8,14,20H,(H2,18,22). The average Bonchev–Trinajstić information content (AvgIpc) is 2.93. The SMILES string of the molecule is NC(=O)C1=CN(c2ccnc(Cl)c2)NC1c1ccccc1Cl. The van der Waals surface area contributed by atoms with Crippen LogP contribution in [0.2, 0.25) is 10.2 Å². The fraction of sp³-hybridized carbons (Fsp3) is 0.0667. The number of carbonyl (C=O) groups is 1. The summed E-state index contributed by atoms with van der Waals surface area (Å²) in [6, 6.07) is 10.3. The smallest absolute Gasteiger partial charge is 0.248 e. The van der Waals surface area contributed by atoms with Gasteiger partial charge in [0.05, 0.1) is 17.3 Å². The van der Waals surface area contributed by atoms with E-state index >= 15 is 0 Å². The maximum atomic E-state index is 11.7. The van der Waals surface area contributed by atoms with E-state index in [2.05, 4.69) is 10.4 Å². The maximum Gasteiger partial charge on any atom is 0.248 e.